The fourth-order valence-corrected chi connectivity index (χ4v) is 4.15. The summed E-state index contributed by atoms with van der Waals surface area (Å²) in [5, 5.41) is 18.0. The fraction of sp³-hybridized carbons (Fsp3) is 0.152. The molecule has 4 rings (SSSR count). The van der Waals surface area contributed by atoms with Gasteiger partial charge in [-0.25, -0.2) is 19.2 Å². The Labute approximate surface area is 246 Å². The van der Waals surface area contributed by atoms with Gasteiger partial charge < -0.3 is 10.2 Å². The Morgan fingerprint density at radius 2 is 0.953 bits per heavy atom. The van der Waals surface area contributed by atoms with E-state index in [0.29, 0.717) is 22.6 Å². The first-order valence-corrected chi connectivity index (χ1v) is 13.1. The van der Waals surface area contributed by atoms with Crippen LogP contribution in [-0.4, -0.2) is 34.1 Å². The van der Waals surface area contributed by atoms with Crippen LogP contribution in [0.15, 0.2) is 97.1 Å². The third kappa shape index (κ3) is 8.20. The molecule has 0 saturated carbocycles. The molecule has 43 heavy (non-hydrogen) atoms. The minimum atomic E-state index is -1.05. The van der Waals surface area contributed by atoms with Gasteiger partial charge in [-0.15, -0.1) is 0 Å². The molecule has 0 fully saturated rings. The Morgan fingerprint density at radius 3 is 1.30 bits per heavy atom. The number of benzene rings is 4. The molecule has 0 atom stereocenters. The van der Waals surface area contributed by atoms with Crippen molar-refractivity contribution in [2.75, 3.05) is 0 Å². The molecule has 10 heteroatoms. The quantitative estimate of drug-likeness (QED) is 0.160. The zero-order valence-electron chi connectivity index (χ0n) is 23.3. The minimum Gasteiger partial charge on any atom is -0.478 e. The molecule has 0 aromatic heterocycles. The second-order valence-electron chi connectivity index (χ2n) is 10.1. The van der Waals surface area contributed by atoms with Crippen LogP contribution in [0.25, 0.3) is 0 Å². The van der Waals surface area contributed by atoms with E-state index in [1.165, 1.54) is 48.5 Å². The fourth-order valence-electron chi connectivity index (χ4n) is 4.15. The smallest absolute Gasteiger partial charge is 0.359 e. The number of rotatable bonds is 12. The van der Waals surface area contributed by atoms with Crippen molar-refractivity contribution in [1.29, 1.82) is 0 Å². The zero-order valence-corrected chi connectivity index (χ0v) is 23.3. The average Bonchev–Trinajstić information content (AvgIpc) is 3.00. The van der Waals surface area contributed by atoms with Crippen molar-refractivity contribution in [3.63, 3.8) is 0 Å². The molecule has 4 aromatic rings. The van der Waals surface area contributed by atoms with Crippen molar-refractivity contribution in [2.24, 2.45) is 0 Å². The average molecular weight is 585 g/mol. The van der Waals surface area contributed by atoms with E-state index in [2.05, 4.69) is 0 Å². The Morgan fingerprint density at radius 1 is 0.581 bits per heavy atom. The number of carboxylic acids is 2. The predicted molar refractivity (Wildman–Crippen MR) is 153 cm³/mol. The molecule has 0 radical (unpaired) electrons. The lowest BCUT2D eigenvalue weighted by atomic mass is 9.78. The van der Waals surface area contributed by atoms with Crippen molar-refractivity contribution in [1.82, 2.24) is 0 Å². The monoisotopic (exact) mass is 584 g/mol. The van der Waals surface area contributed by atoms with Gasteiger partial charge in [0, 0.05) is 5.41 Å². The van der Waals surface area contributed by atoms with E-state index in [9.17, 15) is 19.2 Å². The van der Waals surface area contributed by atoms with E-state index < -0.39 is 29.3 Å². The largest absolute Gasteiger partial charge is 0.478 e. The summed E-state index contributed by atoms with van der Waals surface area (Å²) < 4.78 is 0. The molecule has 0 aliphatic carbocycles. The number of hydrogen-bond acceptors (Lipinski definition) is 8. The Kier molecular flexibility index (Phi) is 9.41. The number of aromatic carboxylic acids is 2. The maximum Gasteiger partial charge on any atom is 0.359 e. The van der Waals surface area contributed by atoms with Crippen molar-refractivity contribution in [3.05, 3.63) is 130 Å². The van der Waals surface area contributed by atoms with E-state index in [1.807, 2.05) is 26.0 Å². The lowest BCUT2D eigenvalue weighted by Crippen LogP contribution is -2.19. The molecular formula is C33H28O10. The summed E-state index contributed by atoms with van der Waals surface area (Å²) in [5.74, 6) is -2.80. The molecule has 0 aliphatic rings. The SMILES string of the molecule is CC(C)(c1cccc(OOC(=O)Cc2ccc(C(=O)O)cc2)c1)c1cccc(OOC(=O)Cc2ccc(C(=O)O)cc2)c1. The van der Waals surface area contributed by atoms with Gasteiger partial charge in [0.1, 0.15) is 0 Å². The van der Waals surface area contributed by atoms with Crippen LogP contribution in [0.1, 0.15) is 56.8 Å². The minimum absolute atomic E-state index is 0.0978. The molecule has 0 saturated heterocycles. The van der Waals surface area contributed by atoms with Crippen LogP contribution in [0.4, 0.5) is 0 Å². The maximum atomic E-state index is 12.3. The highest BCUT2D eigenvalue weighted by Gasteiger charge is 2.25. The van der Waals surface area contributed by atoms with Crippen molar-refractivity contribution in [2.45, 2.75) is 32.1 Å². The van der Waals surface area contributed by atoms with Gasteiger partial charge in [-0.3, -0.25) is 19.6 Å². The Bertz CT molecular complexity index is 1500. The molecule has 220 valence electrons. The molecule has 0 bridgehead atoms. The Balaban J connectivity index is 1.34. The molecule has 0 spiro atoms. The third-order valence-corrected chi connectivity index (χ3v) is 6.67. The molecule has 10 nitrogen and oxygen atoms in total. The highest BCUT2D eigenvalue weighted by atomic mass is 17.2. The van der Waals surface area contributed by atoms with Gasteiger partial charge in [-0.2, -0.15) is 0 Å². The second-order valence-corrected chi connectivity index (χ2v) is 10.1. The van der Waals surface area contributed by atoms with Crippen LogP contribution in [0.5, 0.6) is 11.5 Å². The molecule has 0 heterocycles. The maximum absolute atomic E-state index is 12.3. The van der Waals surface area contributed by atoms with Gasteiger partial charge in [0.05, 0.1) is 24.0 Å². The van der Waals surface area contributed by atoms with Crippen LogP contribution in [0.2, 0.25) is 0 Å². The predicted octanol–water partition coefficient (Wildman–Crippen LogP) is 5.57. The first kappa shape index (κ1) is 30.3. The highest BCUT2D eigenvalue weighted by molar-refractivity contribution is 5.88. The van der Waals surface area contributed by atoms with E-state index in [0.717, 1.165) is 11.1 Å². The summed E-state index contributed by atoms with van der Waals surface area (Å²) in [6, 6.07) is 25.8. The first-order valence-electron chi connectivity index (χ1n) is 13.1. The van der Waals surface area contributed by atoms with Gasteiger partial charge in [0.25, 0.3) is 0 Å². The molecular weight excluding hydrogens is 556 g/mol. The summed E-state index contributed by atoms with van der Waals surface area (Å²) in [6.07, 6.45) is -0.196. The van der Waals surface area contributed by atoms with Crippen molar-refractivity contribution in [3.8, 4) is 11.5 Å². The number of carbonyl (C=O) groups excluding carboxylic acids is 2. The summed E-state index contributed by atoms with van der Waals surface area (Å²) >= 11 is 0. The topological polar surface area (TPSA) is 146 Å². The standard InChI is InChI=1S/C33H28O10/c1-33(2,25-5-3-7-27(19-25)40-42-29(34)17-21-9-13-23(14-10-21)31(36)37)26-6-4-8-28(20-26)41-43-30(35)18-22-11-15-24(16-12-22)32(38)39/h3-16,19-20H,17-18H2,1-2H3,(H,36,37)(H,38,39). The second kappa shape index (κ2) is 13.3. The lowest BCUT2D eigenvalue weighted by Gasteiger charge is -2.26. The summed E-state index contributed by atoms with van der Waals surface area (Å²) in [5.41, 5.74) is 2.51. The van der Waals surface area contributed by atoms with Gasteiger partial charge in [-0.1, -0.05) is 62.4 Å². The van der Waals surface area contributed by atoms with Crippen LogP contribution < -0.4 is 9.78 Å². The van der Waals surface area contributed by atoms with E-state index in [4.69, 9.17) is 29.8 Å². The van der Waals surface area contributed by atoms with Crippen LogP contribution in [0, 0.1) is 0 Å². The van der Waals surface area contributed by atoms with Gasteiger partial charge in [0.15, 0.2) is 11.5 Å². The van der Waals surface area contributed by atoms with E-state index in [-0.39, 0.29) is 24.0 Å². The highest BCUT2D eigenvalue weighted by Crippen LogP contribution is 2.35. The molecule has 2 N–H and O–H groups in total. The van der Waals surface area contributed by atoms with E-state index in [1.54, 1.807) is 36.4 Å². The molecule has 0 aliphatic heterocycles. The van der Waals surface area contributed by atoms with Crippen LogP contribution >= 0.6 is 0 Å². The van der Waals surface area contributed by atoms with Gasteiger partial charge >= 0.3 is 23.9 Å². The number of hydrogen-bond donors (Lipinski definition) is 2. The summed E-state index contributed by atoms with van der Waals surface area (Å²) in [4.78, 5) is 67.0. The van der Waals surface area contributed by atoms with Gasteiger partial charge in [0.2, 0.25) is 0 Å². The lowest BCUT2D eigenvalue weighted by molar-refractivity contribution is -0.213. The van der Waals surface area contributed by atoms with Crippen molar-refractivity contribution < 1.29 is 48.9 Å². The Hall–Kier alpha value is -5.64. The van der Waals surface area contributed by atoms with Crippen LogP contribution in [0.3, 0.4) is 0 Å². The summed E-state index contributed by atoms with van der Waals surface area (Å²) in [6.45, 7) is 3.95. The number of carboxylic acid groups (broad SMARTS) is 2. The normalized spacial score (nSPS) is 10.8. The molecule has 0 amide bonds. The van der Waals surface area contributed by atoms with E-state index >= 15 is 0 Å². The molecule has 4 aromatic carbocycles. The van der Waals surface area contributed by atoms with Gasteiger partial charge in [-0.05, 0) is 70.8 Å². The van der Waals surface area contributed by atoms with Crippen LogP contribution in [-0.2, 0) is 37.6 Å². The van der Waals surface area contributed by atoms with Crippen molar-refractivity contribution >= 4 is 23.9 Å². The first-order chi connectivity index (χ1) is 20.5. The zero-order chi connectivity index (χ0) is 31.0. The molecule has 0 unspecified atom stereocenters. The summed E-state index contributed by atoms with van der Waals surface area (Å²) in [7, 11) is 0. The number of carbonyl (C=O) groups is 4. The third-order valence-electron chi connectivity index (χ3n) is 6.67.